The molecule has 188 valence electrons. The molecule has 1 aliphatic carbocycles. The highest BCUT2D eigenvalue weighted by molar-refractivity contribution is 5.87. The average Bonchev–Trinajstić information content (AvgIpc) is 2.82. The lowest BCUT2D eigenvalue weighted by molar-refractivity contribution is -0.149. The Kier molecular flexibility index (Phi) is 8.07. The molecule has 0 spiro atoms. The molecule has 9 heteroatoms. The van der Waals surface area contributed by atoms with Crippen LogP contribution in [-0.2, 0) is 19.7 Å². The molecular formula is C25H38N4O5. The Bertz CT molecular complexity index is 872. The largest absolute Gasteiger partial charge is 0.446 e. The van der Waals surface area contributed by atoms with Crippen molar-refractivity contribution in [3.05, 3.63) is 29.8 Å². The van der Waals surface area contributed by atoms with E-state index in [0.29, 0.717) is 39.0 Å². The Hall–Kier alpha value is -2.81. The van der Waals surface area contributed by atoms with Gasteiger partial charge in [-0.2, -0.15) is 0 Å². The van der Waals surface area contributed by atoms with E-state index in [-0.39, 0.29) is 17.7 Å². The standard InChI is InChI=1S/C25H38N4O5/c1-25(2,3)17-6-8-18(9-7-17)28-12-14-29(15-13-28)23(31)20-11-10-19(34-24(32)27(4)5)16-21(20)22(30)26-33/h6-9,19-21,33H,10-16H2,1-5H3,(H,26,30)/t19?,20-,21?/m0/s1. The van der Waals surface area contributed by atoms with Gasteiger partial charge >= 0.3 is 6.09 Å². The maximum absolute atomic E-state index is 13.3. The topological polar surface area (TPSA) is 102 Å². The molecule has 3 amide bonds. The van der Waals surface area contributed by atoms with Crippen LogP contribution in [0.25, 0.3) is 0 Å². The van der Waals surface area contributed by atoms with Crippen LogP contribution in [-0.4, -0.2) is 79.3 Å². The molecule has 1 aromatic carbocycles. The number of hydrogen-bond donors (Lipinski definition) is 2. The normalized spacial score (nSPS) is 23.3. The molecule has 1 saturated carbocycles. The molecule has 1 aliphatic heterocycles. The number of carbonyl (C=O) groups is 3. The molecule has 3 rings (SSSR count). The van der Waals surface area contributed by atoms with Gasteiger partial charge in [0.15, 0.2) is 0 Å². The maximum Gasteiger partial charge on any atom is 0.409 e. The summed E-state index contributed by atoms with van der Waals surface area (Å²) in [4.78, 5) is 43.0. The quantitative estimate of drug-likeness (QED) is 0.514. The molecule has 0 bridgehead atoms. The zero-order chi connectivity index (χ0) is 25.0. The fourth-order valence-corrected chi connectivity index (χ4v) is 4.75. The fourth-order valence-electron chi connectivity index (χ4n) is 4.75. The van der Waals surface area contributed by atoms with E-state index in [4.69, 9.17) is 4.74 Å². The van der Waals surface area contributed by atoms with Crippen LogP contribution in [0.5, 0.6) is 0 Å². The van der Waals surface area contributed by atoms with E-state index in [1.54, 1.807) is 19.6 Å². The van der Waals surface area contributed by atoms with Gasteiger partial charge in [0.1, 0.15) is 6.10 Å². The monoisotopic (exact) mass is 474 g/mol. The number of carbonyl (C=O) groups excluding carboxylic acids is 3. The summed E-state index contributed by atoms with van der Waals surface area (Å²) >= 11 is 0. The van der Waals surface area contributed by atoms with E-state index >= 15 is 0 Å². The third-order valence-corrected chi connectivity index (χ3v) is 6.89. The summed E-state index contributed by atoms with van der Waals surface area (Å²) < 4.78 is 5.44. The van der Waals surface area contributed by atoms with Gasteiger partial charge in [-0.1, -0.05) is 32.9 Å². The third kappa shape index (κ3) is 6.00. The Morgan fingerprint density at radius 2 is 1.62 bits per heavy atom. The predicted octanol–water partition coefficient (Wildman–Crippen LogP) is 2.62. The van der Waals surface area contributed by atoms with Gasteiger partial charge in [0.2, 0.25) is 11.8 Å². The Morgan fingerprint density at radius 1 is 1.00 bits per heavy atom. The highest BCUT2D eigenvalue weighted by Crippen LogP contribution is 2.34. The molecule has 0 aromatic heterocycles. The van der Waals surface area contributed by atoms with Crippen LogP contribution in [0.3, 0.4) is 0 Å². The van der Waals surface area contributed by atoms with Crippen molar-refractivity contribution >= 4 is 23.6 Å². The molecule has 0 radical (unpaired) electrons. The van der Waals surface area contributed by atoms with Crippen molar-refractivity contribution in [2.75, 3.05) is 45.2 Å². The van der Waals surface area contributed by atoms with Crippen LogP contribution >= 0.6 is 0 Å². The average molecular weight is 475 g/mol. The Balaban J connectivity index is 1.60. The van der Waals surface area contributed by atoms with E-state index in [1.807, 2.05) is 4.90 Å². The zero-order valence-electron chi connectivity index (χ0n) is 20.9. The van der Waals surface area contributed by atoms with Crippen molar-refractivity contribution in [2.45, 2.75) is 51.6 Å². The number of nitrogens with one attached hydrogen (secondary N) is 1. The van der Waals surface area contributed by atoms with Crippen molar-refractivity contribution in [1.29, 1.82) is 0 Å². The number of amides is 3. The van der Waals surface area contributed by atoms with Gasteiger partial charge in [0.25, 0.3) is 0 Å². The number of hydrogen-bond acceptors (Lipinski definition) is 6. The van der Waals surface area contributed by atoms with Crippen molar-refractivity contribution in [1.82, 2.24) is 15.3 Å². The smallest absolute Gasteiger partial charge is 0.409 e. The first-order valence-electron chi connectivity index (χ1n) is 12.0. The minimum atomic E-state index is -0.741. The first-order chi connectivity index (χ1) is 16.0. The van der Waals surface area contributed by atoms with Gasteiger partial charge in [-0.25, -0.2) is 10.3 Å². The Labute approximate surface area is 202 Å². The minimum absolute atomic E-state index is 0.0753. The zero-order valence-corrected chi connectivity index (χ0v) is 20.9. The molecule has 9 nitrogen and oxygen atoms in total. The van der Waals surface area contributed by atoms with E-state index in [9.17, 15) is 19.6 Å². The predicted molar refractivity (Wildman–Crippen MR) is 129 cm³/mol. The first-order valence-corrected chi connectivity index (χ1v) is 12.0. The van der Waals surface area contributed by atoms with Crippen LogP contribution in [0.15, 0.2) is 24.3 Å². The van der Waals surface area contributed by atoms with Crippen LogP contribution in [0.1, 0.15) is 45.6 Å². The summed E-state index contributed by atoms with van der Waals surface area (Å²) in [7, 11) is 3.18. The third-order valence-electron chi connectivity index (χ3n) is 6.89. The highest BCUT2D eigenvalue weighted by Gasteiger charge is 2.42. The van der Waals surface area contributed by atoms with E-state index in [2.05, 4.69) is 49.9 Å². The van der Waals surface area contributed by atoms with Crippen LogP contribution in [0.2, 0.25) is 0 Å². The second-order valence-electron chi connectivity index (χ2n) is 10.5. The molecule has 3 atom stereocenters. The van der Waals surface area contributed by atoms with Gasteiger partial charge in [0, 0.05) is 46.0 Å². The molecule has 2 aliphatic rings. The van der Waals surface area contributed by atoms with Crippen LogP contribution in [0, 0.1) is 11.8 Å². The molecule has 2 unspecified atom stereocenters. The second-order valence-corrected chi connectivity index (χ2v) is 10.5. The first kappa shape index (κ1) is 25.8. The van der Waals surface area contributed by atoms with Gasteiger partial charge in [-0.15, -0.1) is 0 Å². The molecule has 1 heterocycles. The van der Waals surface area contributed by atoms with E-state index in [0.717, 1.165) is 5.69 Å². The maximum atomic E-state index is 13.3. The highest BCUT2D eigenvalue weighted by atomic mass is 16.6. The van der Waals surface area contributed by atoms with Gasteiger partial charge in [0.05, 0.1) is 11.8 Å². The summed E-state index contributed by atoms with van der Waals surface area (Å²) in [5.41, 5.74) is 4.22. The van der Waals surface area contributed by atoms with Gasteiger partial charge in [-0.3, -0.25) is 14.8 Å². The summed E-state index contributed by atoms with van der Waals surface area (Å²) in [5, 5.41) is 9.24. The molecule has 1 aromatic rings. The van der Waals surface area contributed by atoms with Crippen molar-refractivity contribution < 1.29 is 24.3 Å². The number of hydroxylamine groups is 1. The lowest BCUT2D eigenvalue weighted by Crippen LogP contribution is -2.53. The SMILES string of the molecule is CN(C)C(=O)OC1CC[C@H](C(=O)N2CCN(c3ccc(C(C)(C)C)cc3)CC2)C(C(=O)NO)C1. The molecule has 34 heavy (non-hydrogen) atoms. The number of ether oxygens (including phenoxy) is 1. The number of piperazine rings is 1. The van der Waals surface area contributed by atoms with Crippen molar-refractivity contribution in [3.8, 4) is 0 Å². The number of rotatable bonds is 4. The number of benzene rings is 1. The fraction of sp³-hybridized carbons (Fsp3) is 0.640. The van der Waals surface area contributed by atoms with Gasteiger partial charge in [-0.05, 0) is 42.4 Å². The molecule has 1 saturated heterocycles. The van der Waals surface area contributed by atoms with Crippen molar-refractivity contribution in [2.24, 2.45) is 11.8 Å². The summed E-state index contributed by atoms with van der Waals surface area (Å²) in [6, 6.07) is 8.59. The number of nitrogens with zero attached hydrogens (tertiary/aromatic N) is 3. The molecular weight excluding hydrogens is 436 g/mol. The summed E-state index contributed by atoms with van der Waals surface area (Å²) in [5.74, 6) is -1.97. The summed E-state index contributed by atoms with van der Waals surface area (Å²) in [6.07, 6.45) is 0.198. The van der Waals surface area contributed by atoms with Crippen LogP contribution in [0.4, 0.5) is 10.5 Å². The lowest BCUT2D eigenvalue weighted by atomic mass is 9.76. The second kappa shape index (κ2) is 10.6. The van der Waals surface area contributed by atoms with Gasteiger partial charge < -0.3 is 19.4 Å². The molecule has 2 N–H and O–H groups in total. The Morgan fingerprint density at radius 3 is 2.15 bits per heavy atom. The molecule has 2 fully saturated rings. The van der Waals surface area contributed by atoms with Crippen molar-refractivity contribution in [3.63, 3.8) is 0 Å². The summed E-state index contributed by atoms with van der Waals surface area (Å²) in [6.45, 7) is 9.15. The van der Waals surface area contributed by atoms with E-state index < -0.39 is 29.9 Å². The minimum Gasteiger partial charge on any atom is -0.446 e. The van der Waals surface area contributed by atoms with Crippen LogP contribution < -0.4 is 10.4 Å². The number of anilines is 1. The van der Waals surface area contributed by atoms with E-state index in [1.165, 1.54) is 10.5 Å². The lowest BCUT2D eigenvalue weighted by Gasteiger charge is -2.40.